The lowest BCUT2D eigenvalue weighted by Gasteiger charge is -2.39. The van der Waals surface area contributed by atoms with Crippen molar-refractivity contribution in [3.8, 4) is 11.1 Å². The Morgan fingerprint density at radius 1 is 0.559 bits per heavy atom. The quantitative estimate of drug-likeness (QED) is 0.218. The first-order valence-corrected chi connectivity index (χ1v) is 12.6. The van der Waals surface area contributed by atoms with Crippen LogP contribution in [-0.2, 0) is 5.41 Å². The Morgan fingerprint density at radius 3 is 1.97 bits per heavy atom. The average Bonchev–Trinajstić information content (AvgIpc) is 3.40. The predicted octanol–water partition coefficient (Wildman–Crippen LogP) is 9.07. The first-order chi connectivity index (χ1) is 16.8. The van der Waals surface area contributed by atoms with E-state index in [0.29, 0.717) is 0 Å². The van der Waals surface area contributed by atoms with Crippen molar-refractivity contribution in [2.24, 2.45) is 0 Å². The van der Waals surface area contributed by atoms with E-state index >= 15 is 0 Å². The minimum absolute atomic E-state index is 0.386. The molecule has 0 atom stereocenters. The standard InChI is InChI=1S/C31H17ClOS/c32-24-13-7-14-25-28(24)29-26(33-25)17-16-23-30(29)34-27-15-6-5-12-22(27)31(23)20-10-3-1-8-18(20)19-9-2-4-11-21(19)31/h1-17H. The van der Waals surface area contributed by atoms with E-state index < -0.39 is 0 Å². The van der Waals surface area contributed by atoms with Crippen molar-refractivity contribution < 1.29 is 4.42 Å². The lowest BCUT2D eigenvalue weighted by molar-refractivity contribution is 0.666. The van der Waals surface area contributed by atoms with Crippen LogP contribution in [0.3, 0.4) is 0 Å². The molecule has 34 heavy (non-hydrogen) atoms. The van der Waals surface area contributed by atoms with E-state index in [-0.39, 0.29) is 5.41 Å². The number of hydrogen-bond donors (Lipinski definition) is 0. The zero-order valence-corrected chi connectivity index (χ0v) is 19.6. The molecule has 6 aromatic rings. The summed E-state index contributed by atoms with van der Waals surface area (Å²) in [5, 5.41) is 2.84. The molecule has 0 bridgehead atoms. The van der Waals surface area contributed by atoms with Crippen LogP contribution in [0.2, 0.25) is 5.02 Å². The Hall–Kier alpha value is -3.46. The van der Waals surface area contributed by atoms with E-state index in [4.69, 9.17) is 16.0 Å². The summed E-state index contributed by atoms with van der Waals surface area (Å²) in [5.74, 6) is 0. The Kier molecular flexibility index (Phi) is 3.65. The zero-order chi connectivity index (χ0) is 22.4. The molecule has 0 amide bonds. The molecular formula is C31H17ClOS. The summed E-state index contributed by atoms with van der Waals surface area (Å²) in [6.45, 7) is 0. The predicted molar refractivity (Wildman–Crippen MR) is 140 cm³/mol. The third-order valence-electron chi connectivity index (χ3n) is 7.42. The molecular weight excluding hydrogens is 456 g/mol. The van der Waals surface area contributed by atoms with Gasteiger partial charge in [0.1, 0.15) is 11.2 Å². The molecule has 8 rings (SSSR count). The molecule has 2 heterocycles. The van der Waals surface area contributed by atoms with Gasteiger partial charge in [-0.3, -0.25) is 0 Å². The lowest BCUT2D eigenvalue weighted by Crippen LogP contribution is -2.31. The van der Waals surface area contributed by atoms with Gasteiger partial charge in [-0.25, -0.2) is 0 Å². The van der Waals surface area contributed by atoms with Crippen molar-refractivity contribution in [2.75, 3.05) is 0 Å². The van der Waals surface area contributed by atoms with Crippen LogP contribution in [0, 0.1) is 0 Å². The number of benzene rings is 5. The smallest absolute Gasteiger partial charge is 0.136 e. The van der Waals surface area contributed by atoms with Gasteiger partial charge in [-0.15, -0.1) is 0 Å². The van der Waals surface area contributed by atoms with Gasteiger partial charge in [-0.05, 0) is 57.6 Å². The maximum Gasteiger partial charge on any atom is 0.136 e. The first-order valence-electron chi connectivity index (χ1n) is 11.4. The SMILES string of the molecule is Clc1cccc2oc3ccc4c(c3c12)Sc1ccccc1C41c2ccccc2-c2ccccc21. The molecule has 1 aliphatic carbocycles. The van der Waals surface area contributed by atoms with Crippen LogP contribution in [0.5, 0.6) is 0 Å². The van der Waals surface area contributed by atoms with Gasteiger partial charge in [-0.1, -0.05) is 102 Å². The van der Waals surface area contributed by atoms with Gasteiger partial charge in [0.2, 0.25) is 0 Å². The molecule has 1 nitrogen and oxygen atoms in total. The summed E-state index contributed by atoms with van der Waals surface area (Å²) >= 11 is 8.60. The molecule has 0 fully saturated rings. The average molecular weight is 473 g/mol. The number of halogens is 1. The monoisotopic (exact) mass is 472 g/mol. The van der Waals surface area contributed by atoms with Gasteiger partial charge in [0.25, 0.3) is 0 Å². The highest BCUT2D eigenvalue weighted by Crippen LogP contribution is 2.63. The van der Waals surface area contributed by atoms with Crippen LogP contribution in [0.25, 0.3) is 33.1 Å². The van der Waals surface area contributed by atoms with E-state index in [1.807, 2.05) is 30.0 Å². The molecule has 3 heteroatoms. The molecule has 2 aliphatic rings. The topological polar surface area (TPSA) is 13.1 Å². The molecule has 1 spiro atoms. The largest absolute Gasteiger partial charge is 0.456 e. The third kappa shape index (κ3) is 2.14. The fourth-order valence-corrected chi connectivity index (χ4v) is 7.77. The molecule has 1 aliphatic heterocycles. The van der Waals surface area contributed by atoms with E-state index in [2.05, 4.69) is 84.9 Å². The van der Waals surface area contributed by atoms with Gasteiger partial charge < -0.3 is 4.42 Å². The van der Waals surface area contributed by atoms with Crippen molar-refractivity contribution in [3.63, 3.8) is 0 Å². The molecule has 0 saturated heterocycles. The van der Waals surface area contributed by atoms with Gasteiger partial charge in [0.15, 0.2) is 0 Å². The first kappa shape index (κ1) is 18.9. The van der Waals surface area contributed by atoms with Crippen LogP contribution in [-0.4, -0.2) is 0 Å². The van der Waals surface area contributed by atoms with Crippen molar-refractivity contribution in [1.82, 2.24) is 0 Å². The minimum Gasteiger partial charge on any atom is -0.456 e. The van der Waals surface area contributed by atoms with Crippen molar-refractivity contribution in [2.45, 2.75) is 15.2 Å². The van der Waals surface area contributed by atoms with Crippen molar-refractivity contribution in [1.29, 1.82) is 0 Å². The van der Waals surface area contributed by atoms with Crippen LogP contribution in [0.1, 0.15) is 22.3 Å². The minimum atomic E-state index is -0.386. The molecule has 0 N–H and O–H groups in total. The summed E-state index contributed by atoms with van der Waals surface area (Å²) in [5.41, 5.74) is 9.24. The number of furan rings is 1. The second-order valence-electron chi connectivity index (χ2n) is 8.97. The van der Waals surface area contributed by atoms with Gasteiger partial charge in [-0.2, -0.15) is 0 Å². The number of hydrogen-bond acceptors (Lipinski definition) is 2. The van der Waals surface area contributed by atoms with Crippen LogP contribution in [0.4, 0.5) is 0 Å². The van der Waals surface area contributed by atoms with Crippen LogP contribution >= 0.6 is 23.4 Å². The highest BCUT2D eigenvalue weighted by Gasteiger charge is 2.50. The third-order valence-corrected chi connectivity index (χ3v) is 8.94. The van der Waals surface area contributed by atoms with Crippen LogP contribution < -0.4 is 0 Å². The Bertz CT molecular complexity index is 1770. The maximum absolute atomic E-state index is 6.76. The van der Waals surface area contributed by atoms with E-state index in [0.717, 1.165) is 27.0 Å². The maximum atomic E-state index is 6.76. The Labute approximate surface area is 206 Å². The zero-order valence-electron chi connectivity index (χ0n) is 18.0. The van der Waals surface area contributed by atoms with Crippen molar-refractivity contribution in [3.05, 3.63) is 130 Å². The second-order valence-corrected chi connectivity index (χ2v) is 10.4. The summed E-state index contributed by atoms with van der Waals surface area (Å²) in [6, 6.07) is 36.9. The van der Waals surface area contributed by atoms with E-state index in [1.54, 1.807) is 0 Å². The Balaban J connectivity index is 1.62. The second kappa shape index (κ2) is 6.56. The summed E-state index contributed by atoms with van der Waals surface area (Å²) in [6.07, 6.45) is 0. The highest BCUT2D eigenvalue weighted by molar-refractivity contribution is 7.99. The van der Waals surface area contributed by atoms with Crippen molar-refractivity contribution >= 4 is 45.3 Å². The Morgan fingerprint density at radius 2 is 1.21 bits per heavy atom. The molecule has 160 valence electrons. The molecule has 1 aromatic heterocycles. The number of fused-ring (bicyclic) bond motifs is 13. The van der Waals surface area contributed by atoms with Gasteiger partial charge in [0, 0.05) is 20.6 Å². The lowest BCUT2D eigenvalue weighted by atomic mass is 9.67. The fourth-order valence-electron chi connectivity index (χ4n) is 6.17. The molecule has 0 radical (unpaired) electrons. The summed E-state index contributed by atoms with van der Waals surface area (Å²) in [7, 11) is 0. The van der Waals surface area contributed by atoms with E-state index in [9.17, 15) is 0 Å². The summed E-state index contributed by atoms with van der Waals surface area (Å²) in [4.78, 5) is 2.50. The van der Waals surface area contributed by atoms with Gasteiger partial charge in [0.05, 0.1) is 10.4 Å². The number of rotatable bonds is 0. The van der Waals surface area contributed by atoms with Gasteiger partial charge >= 0.3 is 0 Å². The van der Waals surface area contributed by atoms with Crippen LogP contribution in [0.15, 0.2) is 117 Å². The molecule has 5 aromatic carbocycles. The fraction of sp³-hybridized carbons (Fsp3) is 0.0323. The normalized spacial score (nSPS) is 14.7. The highest BCUT2D eigenvalue weighted by atomic mass is 35.5. The molecule has 0 saturated carbocycles. The molecule has 0 unspecified atom stereocenters. The summed E-state index contributed by atoms with van der Waals surface area (Å²) < 4.78 is 6.28. The van der Waals surface area contributed by atoms with E-state index in [1.165, 1.54) is 43.2 Å².